The fourth-order valence-electron chi connectivity index (χ4n) is 3.84. The van der Waals surface area contributed by atoms with Crippen LogP contribution in [-0.2, 0) is 16.6 Å². The van der Waals surface area contributed by atoms with E-state index in [-0.39, 0.29) is 30.3 Å². The van der Waals surface area contributed by atoms with Gasteiger partial charge in [-0.1, -0.05) is 18.2 Å². The molecule has 152 valence electrons. The van der Waals surface area contributed by atoms with E-state index in [2.05, 4.69) is 5.10 Å². The molecule has 1 saturated carbocycles. The Hall–Kier alpha value is -3.09. The molecule has 7 heteroatoms. The summed E-state index contributed by atoms with van der Waals surface area (Å²) in [6.07, 6.45) is 4.38. The number of benzene rings is 1. The average molecular weight is 394 g/mol. The number of carbonyl (C=O) groups excluding carboxylic acids is 2. The minimum absolute atomic E-state index is 0.0187. The molecule has 2 aromatic rings. The van der Waals surface area contributed by atoms with Crippen LogP contribution in [0.4, 0.5) is 0 Å². The SMILES string of the molecule is COc1ccccc1[C@@H]1CC(c2cccn2C)=NN1C(=O)CN(C)C(=O)C1CC1. The molecule has 1 aliphatic carbocycles. The van der Waals surface area contributed by atoms with Crippen molar-refractivity contribution in [2.75, 3.05) is 20.7 Å². The first kappa shape index (κ1) is 19.2. The molecule has 0 N–H and O–H groups in total. The lowest BCUT2D eigenvalue weighted by Gasteiger charge is -2.25. The van der Waals surface area contributed by atoms with Gasteiger partial charge >= 0.3 is 0 Å². The summed E-state index contributed by atoms with van der Waals surface area (Å²) in [5, 5.41) is 6.21. The standard InChI is InChI=1S/C22H26N4O3/c1-24-12-6-8-18(24)17-13-19(16-7-4-5-9-20(16)29-3)26(23-17)21(27)14-25(2)22(28)15-10-11-15/h4-9,12,15,19H,10-11,13-14H2,1-3H3/t19-/m0/s1. The summed E-state index contributed by atoms with van der Waals surface area (Å²) >= 11 is 0. The van der Waals surface area contributed by atoms with Crippen LogP contribution < -0.4 is 4.74 Å². The predicted molar refractivity (Wildman–Crippen MR) is 110 cm³/mol. The lowest BCUT2D eigenvalue weighted by molar-refractivity contribution is -0.141. The average Bonchev–Trinajstić information content (AvgIpc) is 3.34. The van der Waals surface area contributed by atoms with Gasteiger partial charge in [-0.2, -0.15) is 5.10 Å². The van der Waals surface area contributed by atoms with Crippen LogP contribution in [0.2, 0.25) is 0 Å². The summed E-state index contributed by atoms with van der Waals surface area (Å²) in [6.45, 7) is 0.0187. The topological polar surface area (TPSA) is 67.1 Å². The van der Waals surface area contributed by atoms with Crippen molar-refractivity contribution in [1.29, 1.82) is 0 Å². The van der Waals surface area contributed by atoms with Gasteiger partial charge in [0.25, 0.3) is 5.91 Å². The zero-order valence-corrected chi connectivity index (χ0v) is 17.0. The first-order valence-corrected chi connectivity index (χ1v) is 9.88. The van der Waals surface area contributed by atoms with Gasteiger partial charge in [-0.05, 0) is 31.0 Å². The van der Waals surface area contributed by atoms with Crippen LogP contribution in [0.25, 0.3) is 0 Å². The molecular formula is C22H26N4O3. The van der Waals surface area contributed by atoms with Gasteiger partial charge in [-0.3, -0.25) is 9.59 Å². The van der Waals surface area contributed by atoms with E-state index in [4.69, 9.17) is 4.74 Å². The van der Waals surface area contributed by atoms with Crippen molar-refractivity contribution >= 4 is 17.5 Å². The van der Waals surface area contributed by atoms with Gasteiger partial charge in [0.1, 0.15) is 12.3 Å². The number of rotatable bonds is 6. The number of methoxy groups -OCH3 is 1. The van der Waals surface area contributed by atoms with Crippen LogP contribution in [0.15, 0.2) is 47.7 Å². The summed E-state index contributed by atoms with van der Waals surface area (Å²) < 4.78 is 7.53. The molecule has 29 heavy (non-hydrogen) atoms. The molecule has 2 heterocycles. The maximum absolute atomic E-state index is 13.2. The van der Waals surface area contributed by atoms with Gasteiger partial charge in [0.15, 0.2) is 0 Å². The largest absolute Gasteiger partial charge is 0.496 e. The third-order valence-corrected chi connectivity index (χ3v) is 5.58. The predicted octanol–water partition coefficient (Wildman–Crippen LogP) is 2.58. The van der Waals surface area contributed by atoms with Gasteiger partial charge < -0.3 is 14.2 Å². The fourth-order valence-corrected chi connectivity index (χ4v) is 3.84. The van der Waals surface area contributed by atoms with Crippen LogP contribution >= 0.6 is 0 Å². The molecular weight excluding hydrogens is 368 g/mol. The van der Waals surface area contributed by atoms with Crippen molar-refractivity contribution in [2.24, 2.45) is 18.1 Å². The molecule has 1 fully saturated rings. The number of aryl methyl sites for hydroxylation is 1. The van der Waals surface area contributed by atoms with Crippen LogP contribution in [0.3, 0.4) is 0 Å². The first-order valence-electron chi connectivity index (χ1n) is 9.88. The van der Waals surface area contributed by atoms with Crippen LogP contribution in [-0.4, -0.2) is 52.7 Å². The van der Waals surface area contributed by atoms with Gasteiger partial charge in [-0.25, -0.2) is 5.01 Å². The van der Waals surface area contributed by atoms with Crippen LogP contribution in [0.5, 0.6) is 5.75 Å². The smallest absolute Gasteiger partial charge is 0.262 e. The molecule has 0 spiro atoms. The van der Waals surface area contributed by atoms with E-state index in [1.54, 1.807) is 14.2 Å². The van der Waals surface area contributed by atoms with Gasteiger partial charge in [0, 0.05) is 38.2 Å². The number of carbonyl (C=O) groups is 2. The van der Waals surface area contributed by atoms with Crippen LogP contribution in [0.1, 0.15) is 36.6 Å². The molecule has 1 aromatic heterocycles. The number of aromatic nitrogens is 1. The van der Waals surface area contributed by atoms with Gasteiger partial charge in [-0.15, -0.1) is 0 Å². The molecule has 2 amide bonds. The Morgan fingerprint density at radius 1 is 1.21 bits per heavy atom. The molecule has 0 bridgehead atoms. The number of likely N-dealkylation sites (N-methyl/N-ethyl adjacent to an activating group) is 1. The second-order valence-corrected chi connectivity index (χ2v) is 7.72. The van der Waals surface area contributed by atoms with E-state index in [1.165, 1.54) is 9.91 Å². The Labute approximate surface area is 170 Å². The number of nitrogens with zero attached hydrogens (tertiary/aromatic N) is 4. The molecule has 1 aliphatic heterocycles. The summed E-state index contributed by atoms with van der Waals surface area (Å²) in [4.78, 5) is 27.0. The Morgan fingerprint density at radius 3 is 2.62 bits per heavy atom. The quantitative estimate of drug-likeness (QED) is 0.756. The Bertz CT molecular complexity index is 960. The summed E-state index contributed by atoms with van der Waals surface area (Å²) in [7, 11) is 5.28. The maximum atomic E-state index is 13.2. The molecule has 7 nitrogen and oxygen atoms in total. The van der Waals surface area contributed by atoms with Gasteiger partial charge in [0.2, 0.25) is 5.91 Å². The number of ether oxygens (including phenoxy) is 1. The van der Waals surface area contributed by atoms with Crippen molar-refractivity contribution in [2.45, 2.75) is 25.3 Å². The highest BCUT2D eigenvalue weighted by Gasteiger charge is 2.37. The monoisotopic (exact) mass is 394 g/mol. The minimum atomic E-state index is -0.270. The van der Waals surface area contributed by atoms with E-state index in [1.807, 2.05) is 54.2 Å². The molecule has 2 aliphatic rings. The first-order chi connectivity index (χ1) is 14.0. The summed E-state index contributed by atoms with van der Waals surface area (Å²) in [6, 6.07) is 11.4. The fraction of sp³-hybridized carbons (Fsp3) is 0.409. The maximum Gasteiger partial charge on any atom is 0.262 e. The zero-order valence-electron chi connectivity index (χ0n) is 17.0. The summed E-state index contributed by atoms with van der Waals surface area (Å²) in [5.41, 5.74) is 2.73. The number of hydrogen-bond acceptors (Lipinski definition) is 4. The highest BCUT2D eigenvalue weighted by Crippen LogP contribution is 2.37. The Kier molecular flexibility index (Phi) is 5.13. The van der Waals surface area contributed by atoms with Gasteiger partial charge in [0.05, 0.1) is 24.6 Å². The number of para-hydroxylation sites is 1. The lowest BCUT2D eigenvalue weighted by atomic mass is 9.99. The van der Waals surface area contributed by atoms with Crippen molar-refractivity contribution in [3.8, 4) is 5.75 Å². The normalized spacial score (nSPS) is 18.5. The third-order valence-electron chi connectivity index (χ3n) is 5.58. The van der Waals surface area contributed by atoms with Crippen molar-refractivity contribution in [3.63, 3.8) is 0 Å². The van der Waals surface area contributed by atoms with Crippen molar-refractivity contribution < 1.29 is 14.3 Å². The van der Waals surface area contributed by atoms with E-state index in [9.17, 15) is 9.59 Å². The number of hydrazone groups is 1. The highest BCUT2D eigenvalue weighted by atomic mass is 16.5. The van der Waals surface area contributed by atoms with Crippen LogP contribution in [0, 0.1) is 5.92 Å². The molecule has 0 radical (unpaired) electrons. The minimum Gasteiger partial charge on any atom is -0.496 e. The zero-order chi connectivity index (χ0) is 20.5. The molecule has 4 rings (SSSR count). The highest BCUT2D eigenvalue weighted by molar-refractivity contribution is 6.02. The summed E-state index contributed by atoms with van der Waals surface area (Å²) in [5.74, 6) is 0.652. The van der Waals surface area contributed by atoms with E-state index in [0.29, 0.717) is 6.42 Å². The number of hydrogen-bond donors (Lipinski definition) is 0. The van der Waals surface area contributed by atoms with Crippen molar-refractivity contribution in [1.82, 2.24) is 14.5 Å². The van der Waals surface area contributed by atoms with E-state index < -0.39 is 0 Å². The second-order valence-electron chi connectivity index (χ2n) is 7.72. The van der Waals surface area contributed by atoms with Crippen molar-refractivity contribution in [3.05, 3.63) is 53.9 Å². The molecule has 1 atom stereocenters. The molecule has 0 unspecified atom stereocenters. The Balaban J connectivity index is 1.63. The molecule has 1 aromatic carbocycles. The van der Waals surface area contributed by atoms with E-state index in [0.717, 1.165) is 35.6 Å². The second kappa shape index (κ2) is 7.73. The Morgan fingerprint density at radius 2 is 1.97 bits per heavy atom. The molecule has 0 saturated heterocycles. The number of amides is 2. The lowest BCUT2D eigenvalue weighted by Crippen LogP contribution is -2.39. The van der Waals surface area contributed by atoms with E-state index >= 15 is 0 Å². The third kappa shape index (κ3) is 3.77.